The maximum Gasteiger partial charge on any atom is 0.253 e. The van der Waals surface area contributed by atoms with E-state index in [2.05, 4.69) is 35.8 Å². The Balaban J connectivity index is 1.52. The van der Waals surface area contributed by atoms with Crippen LogP contribution in [0.5, 0.6) is 0 Å². The largest absolute Gasteiger partial charge is 0.372 e. The summed E-state index contributed by atoms with van der Waals surface area (Å²) in [6.07, 6.45) is 8.69. The Labute approximate surface area is 182 Å². The summed E-state index contributed by atoms with van der Waals surface area (Å²) in [5.74, 6) is 0.505. The first-order chi connectivity index (χ1) is 14.6. The van der Waals surface area contributed by atoms with Gasteiger partial charge in [0.05, 0.1) is 0 Å². The lowest BCUT2D eigenvalue weighted by Gasteiger charge is -2.34. The molecule has 2 amide bonds. The van der Waals surface area contributed by atoms with Gasteiger partial charge in [0.25, 0.3) is 5.91 Å². The Morgan fingerprint density at radius 1 is 0.900 bits per heavy atom. The number of benzene rings is 1. The summed E-state index contributed by atoms with van der Waals surface area (Å²) in [6, 6.07) is 8.06. The third kappa shape index (κ3) is 5.77. The molecular weight excluding hydrogens is 374 g/mol. The van der Waals surface area contributed by atoms with Gasteiger partial charge in [-0.05, 0) is 63.3 Å². The normalized spacial score (nSPS) is 18.2. The molecule has 2 heterocycles. The van der Waals surface area contributed by atoms with Crippen molar-refractivity contribution in [3.63, 3.8) is 0 Å². The molecule has 0 unspecified atom stereocenters. The van der Waals surface area contributed by atoms with E-state index in [4.69, 9.17) is 0 Å². The monoisotopic (exact) mass is 413 g/mol. The van der Waals surface area contributed by atoms with Crippen LogP contribution in [-0.4, -0.2) is 60.9 Å². The number of anilines is 1. The molecule has 2 aliphatic heterocycles. The van der Waals surface area contributed by atoms with Crippen LogP contribution < -0.4 is 4.90 Å². The minimum Gasteiger partial charge on any atom is -0.372 e. The van der Waals surface area contributed by atoms with E-state index in [1.807, 2.05) is 17.0 Å². The molecule has 5 nitrogen and oxygen atoms in total. The Morgan fingerprint density at radius 3 is 2.10 bits per heavy atom. The van der Waals surface area contributed by atoms with Gasteiger partial charge in [-0.25, -0.2) is 0 Å². The van der Waals surface area contributed by atoms with Crippen LogP contribution in [0.3, 0.4) is 0 Å². The fourth-order valence-electron chi connectivity index (χ4n) is 4.69. The molecule has 0 aromatic heterocycles. The molecule has 3 rings (SSSR count). The van der Waals surface area contributed by atoms with Gasteiger partial charge < -0.3 is 14.7 Å². The van der Waals surface area contributed by atoms with Gasteiger partial charge >= 0.3 is 0 Å². The number of rotatable bonds is 7. The molecule has 1 aromatic rings. The Kier molecular flexibility index (Phi) is 8.59. The van der Waals surface area contributed by atoms with Crippen molar-refractivity contribution in [2.75, 3.05) is 44.2 Å². The molecule has 0 saturated carbocycles. The highest BCUT2D eigenvalue weighted by molar-refractivity contribution is 5.94. The average molecular weight is 414 g/mol. The van der Waals surface area contributed by atoms with E-state index in [1.165, 1.54) is 31.4 Å². The molecule has 2 aliphatic rings. The van der Waals surface area contributed by atoms with Crippen LogP contribution >= 0.6 is 0 Å². The van der Waals surface area contributed by atoms with E-state index in [0.29, 0.717) is 19.0 Å². The lowest BCUT2D eigenvalue weighted by Crippen LogP contribution is -2.44. The van der Waals surface area contributed by atoms with Crippen LogP contribution in [0, 0.1) is 5.92 Å². The van der Waals surface area contributed by atoms with Gasteiger partial charge in [-0.2, -0.15) is 0 Å². The van der Waals surface area contributed by atoms with E-state index in [1.54, 1.807) is 0 Å². The second kappa shape index (κ2) is 11.4. The number of hydrogen-bond donors (Lipinski definition) is 0. The Hall–Kier alpha value is -2.04. The van der Waals surface area contributed by atoms with Crippen LogP contribution in [0.25, 0.3) is 0 Å². The van der Waals surface area contributed by atoms with E-state index in [-0.39, 0.29) is 11.8 Å². The van der Waals surface area contributed by atoms with Gasteiger partial charge in [0, 0.05) is 56.4 Å². The highest BCUT2D eigenvalue weighted by Crippen LogP contribution is 2.24. The summed E-state index contributed by atoms with van der Waals surface area (Å²) in [4.78, 5) is 32.2. The molecule has 166 valence electrons. The molecule has 1 aromatic carbocycles. The topological polar surface area (TPSA) is 43.9 Å². The van der Waals surface area contributed by atoms with Crippen LogP contribution in [0.15, 0.2) is 24.3 Å². The number of nitrogens with zero attached hydrogens (tertiary/aromatic N) is 3. The zero-order valence-corrected chi connectivity index (χ0v) is 18.9. The maximum absolute atomic E-state index is 13.0. The number of hydrogen-bond acceptors (Lipinski definition) is 3. The van der Waals surface area contributed by atoms with Crippen molar-refractivity contribution in [3.8, 4) is 0 Å². The first-order valence-electron chi connectivity index (χ1n) is 12.1. The molecule has 0 spiro atoms. The van der Waals surface area contributed by atoms with Crippen molar-refractivity contribution in [2.24, 2.45) is 5.92 Å². The summed E-state index contributed by atoms with van der Waals surface area (Å²) < 4.78 is 0. The number of carbonyl (C=O) groups excluding carboxylic acids is 2. The van der Waals surface area contributed by atoms with Crippen molar-refractivity contribution in [1.29, 1.82) is 0 Å². The zero-order chi connectivity index (χ0) is 21.3. The van der Waals surface area contributed by atoms with E-state index < -0.39 is 0 Å². The fraction of sp³-hybridized carbons (Fsp3) is 0.680. The molecular formula is C25H39N3O2. The first kappa shape index (κ1) is 22.6. The van der Waals surface area contributed by atoms with Gasteiger partial charge in [0.1, 0.15) is 0 Å². The summed E-state index contributed by atoms with van der Waals surface area (Å²) in [5, 5.41) is 0. The van der Waals surface area contributed by atoms with Crippen LogP contribution in [0.4, 0.5) is 5.69 Å². The summed E-state index contributed by atoms with van der Waals surface area (Å²) in [5.41, 5.74) is 1.94. The van der Waals surface area contributed by atoms with Crippen LogP contribution in [0.2, 0.25) is 0 Å². The highest BCUT2D eigenvalue weighted by Gasteiger charge is 2.30. The Morgan fingerprint density at radius 2 is 1.53 bits per heavy atom. The van der Waals surface area contributed by atoms with Crippen molar-refractivity contribution in [3.05, 3.63) is 29.8 Å². The van der Waals surface area contributed by atoms with Gasteiger partial charge in [-0.1, -0.05) is 26.2 Å². The van der Waals surface area contributed by atoms with Gasteiger partial charge in [0.2, 0.25) is 5.91 Å². The molecule has 30 heavy (non-hydrogen) atoms. The lowest BCUT2D eigenvalue weighted by atomic mass is 9.94. The summed E-state index contributed by atoms with van der Waals surface area (Å²) in [7, 11) is 0. The average Bonchev–Trinajstić information content (AvgIpc) is 3.09. The third-order valence-corrected chi connectivity index (χ3v) is 6.69. The molecule has 5 heteroatoms. The predicted molar refractivity (Wildman–Crippen MR) is 123 cm³/mol. The van der Waals surface area contributed by atoms with Gasteiger partial charge in [-0.15, -0.1) is 0 Å². The second-order valence-corrected chi connectivity index (χ2v) is 8.79. The smallest absolute Gasteiger partial charge is 0.253 e. The van der Waals surface area contributed by atoms with E-state index >= 15 is 0 Å². The number of amides is 2. The number of unbranched alkanes of at least 4 members (excludes halogenated alkanes) is 1. The summed E-state index contributed by atoms with van der Waals surface area (Å²) >= 11 is 0. The molecule has 0 atom stereocenters. The van der Waals surface area contributed by atoms with Crippen molar-refractivity contribution < 1.29 is 9.59 Å². The lowest BCUT2D eigenvalue weighted by molar-refractivity contribution is -0.136. The third-order valence-electron chi connectivity index (χ3n) is 6.69. The van der Waals surface area contributed by atoms with Gasteiger partial charge in [0.15, 0.2) is 0 Å². The quantitative estimate of drug-likeness (QED) is 0.658. The van der Waals surface area contributed by atoms with E-state index in [0.717, 1.165) is 57.4 Å². The minimum absolute atomic E-state index is 0.0891. The van der Waals surface area contributed by atoms with E-state index in [9.17, 15) is 9.59 Å². The SMILES string of the molecule is CCCCN(CC)c1ccc(C(=O)N2CCC(C(=O)N3CCCCCC3)CC2)cc1. The zero-order valence-electron chi connectivity index (χ0n) is 18.9. The number of likely N-dealkylation sites (tertiary alicyclic amines) is 2. The molecule has 0 radical (unpaired) electrons. The van der Waals surface area contributed by atoms with Crippen LogP contribution in [-0.2, 0) is 4.79 Å². The molecule has 2 saturated heterocycles. The maximum atomic E-state index is 13.0. The molecule has 0 bridgehead atoms. The van der Waals surface area contributed by atoms with Gasteiger partial charge in [-0.3, -0.25) is 9.59 Å². The second-order valence-electron chi connectivity index (χ2n) is 8.79. The highest BCUT2D eigenvalue weighted by atomic mass is 16.2. The molecule has 2 fully saturated rings. The first-order valence-corrected chi connectivity index (χ1v) is 12.1. The van der Waals surface area contributed by atoms with Crippen molar-refractivity contribution in [2.45, 2.75) is 65.2 Å². The van der Waals surface area contributed by atoms with Crippen LogP contribution in [0.1, 0.15) is 75.6 Å². The predicted octanol–water partition coefficient (Wildman–Crippen LogP) is 4.57. The van der Waals surface area contributed by atoms with Crippen molar-refractivity contribution >= 4 is 17.5 Å². The molecule has 0 N–H and O–H groups in total. The Bertz CT molecular complexity index is 672. The fourth-order valence-corrected chi connectivity index (χ4v) is 4.69. The minimum atomic E-state index is 0.0891. The standard InChI is InChI=1S/C25H39N3O2/c1-3-5-16-26(4-2)23-12-10-21(11-13-23)24(29)28-19-14-22(15-20-28)25(30)27-17-8-6-7-9-18-27/h10-13,22H,3-9,14-20H2,1-2H3. The van der Waals surface area contributed by atoms with Crippen molar-refractivity contribution in [1.82, 2.24) is 9.80 Å². The molecule has 0 aliphatic carbocycles. The summed E-state index contributed by atoms with van der Waals surface area (Å²) in [6.45, 7) is 9.61. The number of carbonyl (C=O) groups is 2. The number of piperidine rings is 1.